The summed E-state index contributed by atoms with van der Waals surface area (Å²) in [5.41, 5.74) is -0.909. The summed E-state index contributed by atoms with van der Waals surface area (Å²) >= 11 is 6.59. The average molecular weight is 296 g/mol. The average Bonchev–Trinajstić information content (AvgIpc) is 2.92. The lowest BCUT2D eigenvalue weighted by Gasteiger charge is -2.10. The van der Waals surface area contributed by atoms with E-state index in [-0.39, 0.29) is 10.8 Å². The predicted octanol–water partition coefficient (Wildman–Crippen LogP) is 1.54. The summed E-state index contributed by atoms with van der Waals surface area (Å²) in [6.07, 6.45) is 1.02. The number of thiophene rings is 1. The van der Waals surface area contributed by atoms with Gasteiger partial charge in [-0.15, -0.1) is 11.3 Å². The molecule has 1 heterocycles. The van der Waals surface area contributed by atoms with Crippen molar-refractivity contribution in [1.82, 2.24) is 4.72 Å². The molecule has 0 spiro atoms. The Morgan fingerprint density at radius 2 is 2.18 bits per heavy atom. The van der Waals surface area contributed by atoms with Crippen molar-refractivity contribution >= 4 is 38.9 Å². The highest BCUT2D eigenvalue weighted by Gasteiger charge is 2.50. The summed E-state index contributed by atoms with van der Waals surface area (Å²) in [4.78, 5) is 10.9. The van der Waals surface area contributed by atoms with Crippen molar-refractivity contribution in [2.75, 3.05) is 6.54 Å². The first kappa shape index (κ1) is 12.8. The third-order valence-electron chi connectivity index (χ3n) is 2.72. The Morgan fingerprint density at radius 1 is 1.53 bits per heavy atom. The van der Waals surface area contributed by atoms with Crippen molar-refractivity contribution in [3.05, 3.63) is 16.5 Å². The van der Waals surface area contributed by atoms with Gasteiger partial charge in [0.1, 0.15) is 4.21 Å². The van der Waals surface area contributed by atoms with E-state index in [9.17, 15) is 13.2 Å². The van der Waals surface area contributed by atoms with Gasteiger partial charge in [-0.25, -0.2) is 13.1 Å². The van der Waals surface area contributed by atoms with E-state index >= 15 is 0 Å². The van der Waals surface area contributed by atoms with Crippen molar-refractivity contribution in [3.8, 4) is 0 Å². The van der Waals surface area contributed by atoms with E-state index in [1.54, 1.807) is 0 Å². The molecule has 0 radical (unpaired) electrons. The van der Waals surface area contributed by atoms with Crippen LogP contribution in [0.15, 0.2) is 16.3 Å². The zero-order valence-corrected chi connectivity index (χ0v) is 11.0. The number of hydrogen-bond acceptors (Lipinski definition) is 4. The minimum atomic E-state index is -3.65. The highest BCUT2D eigenvalue weighted by atomic mass is 35.5. The molecule has 1 aromatic rings. The molecule has 0 atom stereocenters. The number of sulfonamides is 1. The number of carbonyl (C=O) groups is 1. The second-order valence-electron chi connectivity index (χ2n) is 3.97. The Hall–Kier alpha value is -0.630. The number of hydrogen-bond donors (Lipinski definition) is 2. The molecule has 5 nitrogen and oxygen atoms in total. The van der Waals surface area contributed by atoms with Gasteiger partial charge < -0.3 is 5.11 Å². The van der Waals surface area contributed by atoms with Gasteiger partial charge in [-0.05, 0) is 25.0 Å². The zero-order valence-electron chi connectivity index (χ0n) is 8.64. The summed E-state index contributed by atoms with van der Waals surface area (Å²) < 4.78 is 26.4. The molecule has 0 bridgehead atoms. The molecule has 0 unspecified atom stereocenters. The van der Waals surface area contributed by atoms with Crippen molar-refractivity contribution < 1.29 is 18.3 Å². The van der Waals surface area contributed by atoms with Gasteiger partial charge in [-0.1, -0.05) is 11.6 Å². The lowest BCUT2D eigenvalue weighted by atomic mass is 10.1. The Morgan fingerprint density at radius 3 is 2.59 bits per heavy atom. The fraction of sp³-hybridized carbons (Fsp3) is 0.444. The van der Waals surface area contributed by atoms with Crippen LogP contribution < -0.4 is 4.72 Å². The summed E-state index contributed by atoms with van der Waals surface area (Å²) in [5.74, 6) is -0.954. The van der Waals surface area contributed by atoms with E-state index in [1.807, 2.05) is 0 Å². The normalized spacial score (nSPS) is 17.9. The Bertz CT molecular complexity index is 547. The number of rotatable bonds is 5. The van der Waals surface area contributed by atoms with Gasteiger partial charge in [0, 0.05) is 6.54 Å². The van der Waals surface area contributed by atoms with Crippen LogP contribution >= 0.6 is 22.9 Å². The molecule has 1 saturated carbocycles. The fourth-order valence-electron chi connectivity index (χ4n) is 1.36. The molecule has 0 saturated heterocycles. The maximum Gasteiger partial charge on any atom is 0.310 e. The standard InChI is InChI=1S/C9H10ClNO4S2/c10-6-1-2-7(16-6)17(14,15)11-5-9(3-4-9)8(12)13/h1-2,11H,3-5H2,(H,12,13). The molecular formula is C9H10ClNO4S2. The summed E-state index contributed by atoms with van der Waals surface area (Å²) in [7, 11) is -3.65. The monoisotopic (exact) mass is 295 g/mol. The quantitative estimate of drug-likeness (QED) is 0.863. The van der Waals surface area contributed by atoms with Crippen LogP contribution in [0.2, 0.25) is 4.34 Å². The first-order chi connectivity index (χ1) is 7.86. The topological polar surface area (TPSA) is 83.5 Å². The van der Waals surface area contributed by atoms with Crippen molar-refractivity contribution in [2.24, 2.45) is 5.41 Å². The zero-order chi connectivity index (χ0) is 12.7. The SMILES string of the molecule is O=C(O)C1(CNS(=O)(=O)c2ccc(Cl)s2)CC1. The van der Waals surface area contributed by atoms with Crippen LogP contribution in [0.4, 0.5) is 0 Å². The summed E-state index contributed by atoms with van der Waals surface area (Å²) in [6.45, 7) is -0.0693. The minimum absolute atomic E-state index is 0.0693. The Labute approximate surface area is 107 Å². The number of carboxylic acids is 1. The second kappa shape index (κ2) is 4.24. The van der Waals surface area contributed by atoms with E-state index in [1.165, 1.54) is 12.1 Å². The molecule has 2 N–H and O–H groups in total. The van der Waals surface area contributed by atoms with Crippen LogP contribution in [0.1, 0.15) is 12.8 Å². The molecule has 0 amide bonds. The van der Waals surface area contributed by atoms with Gasteiger partial charge in [0.15, 0.2) is 0 Å². The highest BCUT2D eigenvalue weighted by molar-refractivity contribution is 7.91. The molecule has 0 aromatic carbocycles. The lowest BCUT2D eigenvalue weighted by Crippen LogP contribution is -2.33. The molecule has 2 rings (SSSR count). The van der Waals surface area contributed by atoms with Crippen LogP contribution in [-0.2, 0) is 14.8 Å². The lowest BCUT2D eigenvalue weighted by molar-refractivity contribution is -0.143. The molecule has 1 fully saturated rings. The highest BCUT2D eigenvalue weighted by Crippen LogP contribution is 2.45. The summed E-state index contributed by atoms with van der Waals surface area (Å²) in [6, 6.07) is 2.89. The van der Waals surface area contributed by atoms with Gasteiger partial charge in [-0.2, -0.15) is 0 Å². The van der Waals surface area contributed by atoms with Gasteiger partial charge in [0.25, 0.3) is 0 Å². The van der Waals surface area contributed by atoms with Gasteiger partial charge in [-0.3, -0.25) is 4.79 Å². The molecule has 17 heavy (non-hydrogen) atoms. The molecule has 0 aliphatic heterocycles. The maximum atomic E-state index is 11.8. The van der Waals surface area contributed by atoms with Crippen LogP contribution in [0, 0.1) is 5.41 Å². The smallest absolute Gasteiger partial charge is 0.310 e. The van der Waals surface area contributed by atoms with E-state index in [4.69, 9.17) is 16.7 Å². The van der Waals surface area contributed by atoms with Gasteiger partial charge in [0.05, 0.1) is 9.75 Å². The van der Waals surface area contributed by atoms with Gasteiger partial charge >= 0.3 is 5.97 Å². The Balaban J connectivity index is 2.07. The molecule has 1 aliphatic rings. The van der Waals surface area contributed by atoms with E-state index in [0.717, 1.165) is 11.3 Å². The predicted molar refractivity (Wildman–Crippen MR) is 63.8 cm³/mol. The molecule has 1 aromatic heterocycles. The van der Waals surface area contributed by atoms with Gasteiger partial charge in [0.2, 0.25) is 10.0 Å². The number of nitrogens with one attached hydrogen (secondary N) is 1. The van der Waals surface area contributed by atoms with Crippen molar-refractivity contribution in [3.63, 3.8) is 0 Å². The first-order valence-electron chi connectivity index (χ1n) is 4.84. The van der Waals surface area contributed by atoms with Crippen LogP contribution in [0.5, 0.6) is 0 Å². The largest absolute Gasteiger partial charge is 0.481 e. The molecule has 8 heteroatoms. The number of halogens is 1. The summed E-state index contributed by atoms with van der Waals surface area (Å²) in [5, 5.41) is 8.92. The molecule has 1 aliphatic carbocycles. The molecule has 94 valence electrons. The third kappa shape index (κ3) is 2.62. The molecular weight excluding hydrogens is 286 g/mol. The maximum absolute atomic E-state index is 11.8. The van der Waals surface area contributed by atoms with Crippen LogP contribution in [0.25, 0.3) is 0 Å². The van der Waals surface area contributed by atoms with E-state index in [0.29, 0.717) is 17.2 Å². The second-order valence-corrected chi connectivity index (χ2v) is 7.68. The first-order valence-corrected chi connectivity index (χ1v) is 7.52. The van der Waals surface area contributed by atoms with Crippen LogP contribution in [0.3, 0.4) is 0 Å². The minimum Gasteiger partial charge on any atom is -0.481 e. The number of carboxylic acid groups (broad SMARTS) is 1. The van der Waals surface area contributed by atoms with E-state index < -0.39 is 21.4 Å². The van der Waals surface area contributed by atoms with E-state index in [2.05, 4.69) is 4.72 Å². The van der Waals surface area contributed by atoms with Crippen molar-refractivity contribution in [1.29, 1.82) is 0 Å². The number of aliphatic carboxylic acids is 1. The van der Waals surface area contributed by atoms with Crippen LogP contribution in [-0.4, -0.2) is 26.0 Å². The van der Waals surface area contributed by atoms with Crippen molar-refractivity contribution in [2.45, 2.75) is 17.1 Å². The third-order valence-corrected chi connectivity index (χ3v) is 5.85. The Kier molecular flexibility index (Phi) is 3.19. The fourth-order valence-corrected chi connectivity index (χ4v) is 4.02.